The first-order chi connectivity index (χ1) is 7.72. The van der Waals surface area contributed by atoms with E-state index in [1.54, 1.807) is 7.11 Å². The van der Waals surface area contributed by atoms with Crippen LogP contribution in [0.1, 0.15) is 42.9 Å². The summed E-state index contributed by atoms with van der Waals surface area (Å²) in [6.07, 6.45) is 4.40. The van der Waals surface area contributed by atoms with E-state index in [0.717, 1.165) is 24.2 Å². The van der Waals surface area contributed by atoms with Crippen molar-refractivity contribution in [2.45, 2.75) is 38.7 Å². The fraction of sp³-hybridized carbons (Fsp3) is 0.571. The number of aliphatic hydroxyl groups is 1. The van der Waals surface area contributed by atoms with Crippen LogP contribution in [0.2, 0.25) is 0 Å². The van der Waals surface area contributed by atoms with Crippen LogP contribution < -0.4 is 4.74 Å². The first-order valence-electron chi connectivity index (χ1n) is 6.05. The minimum atomic E-state index is -0.364. The van der Waals surface area contributed by atoms with Gasteiger partial charge in [-0.1, -0.05) is 24.5 Å². The van der Waals surface area contributed by atoms with Crippen LogP contribution >= 0.6 is 0 Å². The minimum absolute atomic E-state index is 0.364. The molecule has 1 unspecified atom stereocenters. The van der Waals surface area contributed by atoms with Crippen molar-refractivity contribution in [3.63, 3.8) is 0 Å². The van der Waals surface area contributed by atoms with E-state index in [1.807, 2.05) is 25.1 Å². The highest BCUT2D eigenvalue weighted by molar-refractivity contribution is 5.38. The molecule has 0 heterocycles. The normalized spacial score (nSPS) is 18.7. The molecule has 2 nitrogen and oxygen atoms in total. The van der Waals surface area contributed by atoms with Gasteiger partial charge in [-0.15, -0.1) is 0 Å². The van der Waals surface area contributed by atoms with E-state index in [0.29, 0.717) is 5.92 Å². The molecule has 0 aliphatic heterocycles. The van der Waals surface area contributed by atoms with E-state index in [9.17, 15) is 5.11 Å². The molecule has 0 saturated heterocycles. The number of hydrogen-bond acceptors (Lipinski definition) is 2. The average Bonchev–Trinajstić information content (AvgIpc) is 2.81. The Balaban J connectivity index is 2.26. The molecule has 1 atom stereocenters. The molecule has 88 valence electrons. The Kier molecular flexibility index (Phi) is 3.49. The summed E-state index contributed by atoms with van der Waals surface area (Å²) in [4.78, 5) is 0. The molecule has 1 aliphatic carbocycles. The van der Waals surface area contributed by atoms with Crippen LogP contribution in [0.25, 0.3) is 0 Å². The summed E-state index contributed by atoms with van der Waals surface area (Å²) in [5.41, 5.74) is 2.13. The predicted octanol–water partition coefficient (Wildman–Crippen LogP) is 3.23. The first kappa shape index (κ1) is 11.5. The Morgan fingerprint density at radius 2 is 2.00 bits per heavy atom. The Morgan fingerprint density at radius 1 is 1.31 bits per heavy atom. The van der Waals surface area contributed by atoms with Gasteiger partial charge in [0.25, 0.3) is 0 Å². The minimum Gasteiger partial charge on any atom is -0.496 e. The largest absolute Gasteiger partial charge is 0.496 e. The molecule has 1 N–H and O–H groups in total. The highest BCUT2D eigenvalue weighted by Crippen LogP contribution is 2.39. The third-order valence-corrected chi connectivity index (χ3v) is 3.55. The zero-order chi connectivity index (χ0) is 11.5. The second-order valence-electron chi connectivity index (χ2n) is 4.73. The summed E-state index contributed by atoms with van der Waals surface area (Å²) in [6, 6.07) is 6.01. The Hall–Kier alpha value is -1.02. The second-order valence-corrected chi connectivity index (χ2v) is 4.73. The van der Waals surface area contributed by atoms with E-state index in [2.05, 4.69) is 0 Å². The molecule has 0 spiro atoms. The highest BCUT2D eigenvalue weighted by atomic mass is 16.5. The van der Waals surface area contributed by atoms with Gasteiger partial charge in [0.15, 0.2) is 0 Å². The Bertz CT molecular complexity index is 354. The van der Waals surface area contributed by atoms with E-state index < -0.39 is 0 Å². The molecule has 16 heavy (non-hydrogen) atoms. The SMILES string of the molecule is COc1ccc(C)cc1C(O)C1CCCC1. The van der Waals surface area contributed by atoms with Gasteiger partial charge in [-0.25, -0.2) is 0 Å². The zero-order valence-electron chi connectivity index (χ0n) is 10.1. The van der Waals surface area contributed by atoms with Gasteiger partial charge >= 0.3 is 0 Å². The van der Waals surface area contributed by atoms with Crippen LogP contribution in [-0.4, -0.2) is 12.2 Å². The van der Waals surface area contributed by atoms with E-state index in [4.69, 9.17) is 4.74 Å². The van der Waals surface area contributed by atoms with Crippen molar-refractivity contribution in [2.75, 3.05) is 7.11 Å². The standard InChI is InChI=1S/C14H20O2/c1-10-7-8-13(16-2)12(9-10)14(15)11-5-3-4-6-11/h7-9,11,14-15H,3-6H2,1-2H3. The van der Waals surface area contributed by atoms with Crippen LogP contribution in [0.15, 0.2) is 18.2 Å². The molecule has 1 saturated carbocycles. The van der Waals surface area contributed by atoms with Crippen molar-refractivity contribution in [2.24, 2.45) is 5.92 Å². The van der Waals surface area contributed by atoms with Crippen molar-refractivity contribution in [3.05, 3.63) is 29.3 Å². The maximum Gasteiger partial charge on any atom is 0.124 e. The Morgan fingerprint density at radius 3 is 2.62 bits per heavy atom. The number of hydrogen-bond donors (Lipinski definition) is 1. The lowest BCUT2D eigenvalue weighted by molar-refractivity contribution is 0.108. The van der Waals surface area contributed by atoms with Crippen molar-refractivity contribution < 1.29 is 9.84 Å². The number of methoxy groups -OCH3 is 1. The summed E-state index contributed by atoms with van der Waals surface area (Å²) in [6.45, 7) is 2.05. The van der Waals surface area contributed by atoms with E-state index in [1.165, 1.54) is 18.4 Å². The summed E-state index contributed by atoms with van der Waals surface area (Å²) in [7, 11) is 1.66. The van der Waals surface area contributed by atoms with Crippen LogP contribution in [0.3, 0.4) is 0 Å². The van der Waals surface area contributed by atoms with Crippen LogP contribution in [-0.2, 0) is 0 Å². The van der Waals surface area contributed by atoms with Crippen LogP contribution in [0.5, 0.6) is 5.75 Å². The molecule has 1 aliphatic rings. The molecule has 2 rings (SSSR count). The van der Waals surface area contributed by atoms with E-state index in [-0.39, 0.29) is 6.10 Å². The lowest BCUT2D eigenvalue weighted by Gasteiger charge is -2.20. The van der Waals surface area contributed by atoms with Gasteiger partial charge in [0.1, 0.15) is 5.75 Å². The van der Waals surface area contributed by atoms with Crippen molar-refractivity contribution >= 4 is 0 Å². The number of benzene rings is 1. The topological polar surface area (TPSA) is 29.5 Å². The van der Waals surface area contributed by atoms with Crippen molar-refractivity contribution in [1.82, 2.24) is 0 Å². The van der Waals surface area contributed by atoms with Gasteiger partial charge < -0.3 is 9.84 Å². The van der Waals surface area contributed by atoms with Gasteiger partial charge in [0.05, 0.1) is 13.2 Å². The maximum absolute atomic E-state index is 10.4. The summed E-state index contributed by atoms with van der Waals surface area (Å²) < 4.78 is 5.32. The molecule has 0 bridgehead atoms. The highest BCUT2D eigenvalue weighted by Gasteiger charge is 2.26. The second kappa shape index (κ2) is 4.88. The monoisotopic (exact) mass is 220 g/mol. The van der Waals surface area contributed by atoms with Crippen LogP contribution in [0, 0.1) is 12.8 Å². The van der Waals surface area contributed by atoms with Gasteiger partial charge in [0.2, 0.25) is 0 Å². The third-order valence-electron chi connectivity index (χ3n) is 3.55. The van der Waals surface area contributed by atoms with Gasteiger partial charge in [0, 0.05) is 5.56 Å². The molecule has 0 radical (unpaired) electrons. The summed E-state index contributed by atoms with van der Waals surface area (Å²) >= 11 is 0. The zero-order valence-corrected chi connectivity index (χ0v) is 10.1. The van der Waals surface area contributed by atoms with Crippen molar-refractivity contribution in [3.8, 4) is 5.75 Å². The molecular formula is C14H20O2. The number of ether oxygens (including phenoxy) is 1. The fourth-order valence-electron chi connectivity index (χ4n) is 2.61. The van der Waals surface area contributed by atoms with E-state index >= 15 is 0 Å². The van der Waals surface area contributed by atoms with Gasteiger partial charge in [-0.3, -0.25) is 0 Å². The van der Waals surface area contributed by atoms with Crippen molar-refractivity contribution in [1.29, 1.82) is 0 Å². The summed E-state index contributed by atoms with van der Waals surface area (Å²) in [5.74, 6) is 1.22. The third kappa shape index (κ3) is 2.22. The fourth-order valence-corrected chi connectivity index (χ4v) is 2.61. The lowest BCUT2D eigenvalue weighted by Crippen LogP contribution is -2.10. The van der Waals surface area contributed by atoms with Gasteiger partial charge in [-0.05, 0) is 37.8 Å². The maximum atomic E-state index is 10.4. The average molecular weight is 220 g/mol. The Labute approximate surface area is 97.3 Å². The first-order valence-corrected chi connectivity index (χ1v) is 6.05. The summed E-state index contributed by atoms with van der Waals surface area (Å²) in [5, 5.41) is 10.4. The molecular weight excluding hydrogens is 200 g/mol. The predicted molar refractivity (Wildman–Crippen MR) is 64.6 cm³/mol. The molecule has 1 aromatic rings. The number of rotatable bonds is 3. The van der Waals surface area contributed by atoms with Gasteiger partial charge in [-0.2, -0.15) is 0 Å². The smallest absolute Gasteiger partial charge is 0.124 e. The van der Waals surface area contributed by atoms with Crippen LogP contribution in [0.4, 0.5) is 0 Å². The molecule has 0 amide bonds. The number of aryl methyl sites for hydroxylation is 1. The molecule has 1 fully saturated rings. The molecule has 1 aromatic carbocycles. The number of aliphatic hydroxyl groups excluding tert-OH is 1. The molecule has 0 aromatic heterocycles. The lowest BCUT2D eigenvalue weighted by atomic mass is 9.93. The molecule has 2 heteroatoms. The quantitative estimate of drug-likeness (QED) is 0.847.